The van der Waals surface area contributed by atoms with Crippen LogP contribution >= 0.6 is 0 Å². The molecule has 2 atom stereocenters. The number of sulfonamides is 1. The lowest BCUT2D eigenvalue weighted by atomic mass is 10.00. The van der Waals surface area contributed by atoms with Crippen LogP contribution in [-0.4, -0.2) is 49.4 Å². The molecule has 0 spiro atoms. The molecule has 200 valence electrons. The van der Waals surface area contributed by atoms with Crippen molar-refractivity contribution in [3.8, 4) is 0 Å². The zero-order valence-electron chi connectivity index (χ0n) is 20.5. The van der Waals surface area contributed by atoms with Gasteiger partial charge in [-0.25, -0.2) is 17.2 Å². The third-order valence-corrected chi connectivity index (χ3v) is 6.00. The molecule has 4 N–H and O–H groups in total. The molecule has 3 aromatic rings. The fourth-order valence-corrected chi connectivity index (χ4v) is 4.23. The van der Waals surface area contributed by atoms with Crippen LogP contribution in [0, 0.1) is 11.6 Å². The fourth-order valence-electron chi connectivity index (χ4n) is 3.76. The van der Waals surface area contributed by atoms with Gasteiger partial charge in [-0.3, -0.25) is 9.52 Å². The average Bonchev–Trinajstić information content (AvgIpc) is 3.22. The van der Waals surface area contributed by atoms with Crippen molar-refractivity contribution in [2.75, 3.05) is 17.5 Å². The van der Waals surface area contributed by atoms with Crippen molar-refractivity contribution in [2.24, 2.45) is 0 Å². The van der Waals surface area contributed by atoms with E-state index in [-0.39, 0.29) is 36.7 Å². The first-order valence-electron chi connectivity index (χ1n) is 11.6. The maximum Gasteiger partial charge on any atom is 0.231 e. The largest absolute Gasteiger partial charge is 0.446 e. The number of oxazole rings is 1. The number of aliphatic hydroxyl groups is 1. The third-order valence-electron chi connectivity index (χ3n) is 5.42. The molecule has 0 saturated carbocycles. The number of halogens is 2. The molecule has 9 nitrogen and oxygen atoms in total. The van der Waals surface area contributed by atoms with Crippen molar-refractivity contribution in [1.82, 2.24) is 15.6 Å². The summed E-state index contributed by atoms with van der Waals surface area (Å²) < 4.78 is 57.4. The second-order valence-corrected chi connectivity index (χ2v) is 10.5. The Labute approximate surface area is 214 Å². The summed E-state index contributed by atoms with van der Waals surface area (Å²) in [6, 6.07) is 10.1. The van der Waals surface area contributed by atoms with Crippen molar-refractivity contribution >= 4 is 21.7 Å². The highest BCUT2D eigenvalue weighted by molar-refractivity contribution is 7.92. The van der Waals surface area contributed by atoms with Crippen LogP contribution in [0.3, 0.4) is 0 Å². The molecule has 3 rings (SSSR count). The molecule has 0 aliphatic carbocycles. The first-order valence-corrected chi connectivity index (χ1v) is 13.5. The lowest BCUT2D eigenvalue weighted by Crippen LogP contribution is -2.49. The lowest BCUT2D eigenvalue weighted by molar-refractivity contribution is -0.122. The first kappa shape index (κ1) is 28.2. The van der Waals surface area contributed by atoms with Gasteiger partial charge in [0, 0.05) is 19.2 Å². The number of aliphatic hydroxyl groups excluding tert-OH is 1. The Morgan fingerprint density at radius 3 is 2.49 bits per heavy atom. The zero-order valence-corrected chi connectivity index (χ0v) is 21.3. The van der Waals surface area contributed by atoms with Crippen molar-refractivity contribution in [3.05, 3.63) is 82.9 Å². The van der Waals surface area contributed by atoms with E-state index in [0.717, 1.165) is 42.7 Å². The zero-order chi connectivity index (χ0) is 27.0. The van der Waals surface area contributed by atoms with Gasteiger partial charge in [-0.1, -0.05) is 31.2 Å². The van der Waals surface area contributed by atoms with E-state index in [2.05, 4.69) is 33.3 Å². The van der Waals surface area contributed by atoms with Crippen LogP contribution in [0.4, 0.5) is 14.6 Å². The Bertz CT molecular complexity index is 1300. The van der Waals surface area contributed by atoms with Gasteiger partial charge in [0.25, 0.3) is 0 Å². The first-order chi connectivity index (χ1) is 17.5. The topological polar surface area (TPSA) is 134 Å². The number of rotatable bonds is 13. The monoisotopic (exact) mass is 536 g/mol. The maximum atomic E-state index is 13.7. The Morgan fingerprint density at radius 2 is 1.81 bits per heavy atom. The summed E-state index contributed by atoms with van der Waals surface area (Å²) in [5.74, 6) is -2.25. The molecule has 0 fully saturated rings. The van der Waals surface area contributed by atoms with Crippen LogP contribution in [-0.2, 0) is 40.6 Å². The molecule has 0 unspecified atom stereocenters. The molecule has 0 aliphatic heterocycles. The highest BCUT2D eigenvalue weighted by Crippen LogP contribution is 2.14. The molecular formula is C25H30F2N4O5S. The number of hydrogen-bond acceptors (Lipinski definition) is 7. The number of aryl methyl sites for hydroxylation is 1. The van der Waals surface area contributed by atoms with Crippen LogP contribution < -0.4 is 15.4 Å². The van der Waals surface area contributed by atoms with Gasteiger partial charge in [0.15, 0.2) is 5.82 Å². The molecule has 0 saturated heterocycles. The molecule has 0 radical (unpaired) electrons. The van der Waals surface area contributed by atoms with Gasteiger partial charge < -0.3 is 20.2 Å². The summed E-state index contributed by atoms with van der Waals surface area (Å²) in [6.45, 7) is 2.63. The van der Waals surface area contributed by atoms with Gasteiger partial charge >= 0.3 is 0 Å². The van der Waals surface area contributed by atoms with Crippen molar-refractivity contribution in [2.45, 2.75) is 44.9 Å². The Hall–Kier alpha value is -3.35. The van der Waals surface area contributed by atoms with Crippen molar-refractivity contribution in [3.63, 3.8) is 0 Å². The predicted octanol–water partition coefficient (Wildman–Crippen LogP) is 2.31. The number of carbonyl (C=O) groups is 1. The van der Waals surface area contributed by atoms with Crippen molar-refractivity contribution < 1.29 is 31.5 Å². The second-order valence-electron chi connectivity index (χ2n) is 8.71. The van der Waals surface area contributed by atoms with Crippen LogP contribution in [0.25, 0.3) is 0 Å². The standard InChI is InChI=1S/C25H30F2N4O5S/c1-3-16-5-4-6-17(7-16)13-28-14-22(32)21(10-18-8-19(26)11-20(27)9-18)29-24(33)12-25-30-23(15-36-25)31-37(2,34)35/h4-9,11,15,21-22,28,31-32H,3,10,12-14H2,1-2H3,(H,29,33)/t21-,22+/m0/s1. The van der Waals surface area contributed by atoms with Gasteiger partial charge in [0.05, 0.1) is 18.4 Å². The summed E-state index contributed by atoms with van der Waals surface area (Å²) in [4.78, 5) is 16.6. The quantitative estimate of drug-likeness (QED) is 0.263. The second kappa shape index (κ2) is 12.7. The minimum atomic E-state index is -3.57. The molecule has 1 amide bonds. The Morgan fingerprint density at radius 1 is 1.11 bits per heavy atom. The number of aromatic nitrogens is 1. The third kappa shape index (κ3) is 9.56. The number of hydrogen-bond donors (Lipinski definition) is 4. The normalized spacial score (nSPS) is 13.2. The SMILES string of the molecule is CCc1cccc(CNC[C@@H](O)[C@H](Cc2cc(F)cc(F)c2)NC(=O)Cc2nc(NS(C)(=O)=O)co2)c1. The van der Waals surface area contributed by atoms with Gasteiger partial charge in [-0.05, 0) is 41.7 Å². The van der Waals surface area contributed by atoms with Gasteiger partial charge in [0.1, 0.15) is 24.3 Å². The lowest BCUT2D eigenvalue weighted by Gasteiger charge is -2.25. The minimum absolute atomic E-state index is 0.0406. The fraction of sp³-hybridized carbons (Fsp3) is 0.360. The number of nitrogens with zero attached hydrogens (tertiary/aromatic N) is 1. The van der Waals surface area contributed by atoms with Gasteiger partial charge in [0.2, 0.25) is 21.8 Å². The van der Waals surface area contributed by atoms with Crippen LogP contribution in [0.1, 0.15) is 29.5 Å². The van der Waals surface area contributed by atoms with Crippen LogP contribution in [0.15, 0.2) is 53.1 Å². The molecule has 1 aromatic heterocycles. The highest BCUT2D eigenvalue weighted by atomic mass is 32.2. The molecule has 0 bridgehead atoms. The predicted molar refractivity (Wildman–Crippen MR) is 134 cm³/mol. The molecule has 37 heavy (non-hydrogen) atoms. The molecule has 12 heteroatoms. The van der Waals surface area contributed by atoms with Gasteiger partial charge in [-0.2, -0.15) is 4.98 Å². The smallest absolute Gasteiger partial charge is 0.231 e. The summed E-state index contributed by atoms with van der Waals surface area (Å²) >= 11 is 0. The van der Waals surface area contributed by atoms with E-state index < -0.39 is 39.7 Å². The number of nitrogens with one attached hydrogen (secondary N) is 3. The summed E-state index contributed by atoms with van der Waals surface area (Å²) in [6.07, 6.45) is 1.42. The summed E-state index contributed by atoms with van der Waals surface area (Å²) in [5.41, 5.74) is 2.47. The van der Waals surface area contributed by atoms with E-state index in [0.29, 0.717) is 6.54 Å². The van der Waals surface area contributed by atoms with E-state index in [4.69, 9.17) is 4.42 Å². The minimum Gasteiger partial charge on any atom is -0.446 e. The number of carbonyl (C=O) groups excluding carboxylic acids is 1. The number of amides is 1. The van der Waals surface area contributed by atoms with Crippen LogP contribution in [0.5, 0.6) is 0 Å². The van der Waals surface area contributed by atoms with E-state index in [1.165, 1.54) is 5.56 Å². The summed E-state index contributed by atoms with van der Waals surface area (Å²) in [5, 5.41) is 16.7. The van der Waals surface area contributed by atoms with Crippen molar-refractivity contribution in [1.29, 1.82) is 0 Å². The van der Waals surface area contributed by atoms with E-state index in [9.17, 15) is 27.1 Å². The van der Waals surface area contributed by atoms with E-state index in [1.54, 1.807) is 0 Å². The molecule has 1 heterocycles. The van der Waals surface area contributed by atoms with E-state index in [1.807, 2.05) is 18.2 Å². The Balaban J connectivity index is 1.66. The average molecular weight is 537 g/mol. The Kier molecular flexibility index (Phi) is 9.73. The maximum absolute atomic E-state index is 13.7. The van der Waals surface area contributed by atoms with Gasteiger partial charge in [-0.15, -0.1) is 0 Å². The molecule has 0 aliphatic rings. The molecular weight excluding hydrogens is 506 g/mol. The highest BCUT2D eigenvalue weighted by Gasteiger charge is 2.23. The van der Waals surface area contributed by atoms with E-state index >= 15 is 0 Å². The number of anilines is 1. The van der Waals surface area contributed by atoms with Crippen LogP contribution in [0.2, 0.25) is 0 Å². The number of benzene rings is 2. The summed E-state index contributed by atoms with van der Waals surface area (Å²) in [7, 11) is -3.57. The molecule has 2 aromatic carbocycles.